The van der Waals surface area contributed by atoms with E-state index in [1.807, 2.05) is 0 Å². The van der Waals surface area contributed by atoms with E-state index in [1.54, 1.807) is 0 Å². The third-order valence-corrected chi connectivity index (χ3v) is 4.09. The van der Waals surface area contributed by atoms with Gasteiger partial charge in [-0.2, -0.15) is 0 Å². The molecule has 1 aliphatic heterocycles. The average Bonchev–Trinajstić information content (AvgIpc) is 3.00. The first-order valence-corrected chi connectivity index (χ1v) is 8.87. The van der Waals surface area contributed by atoms with Gasteiger partial charge >= 0.3 is 0 Å². The average molecular weight is 301 g/mol. The van der Waals surface area contributed by atoms with Gasteiger partial charge in [-0.25, -0.2) is 0 Å². The molecule has 0 radical (unpaired) electrons. The predicted octanol–water partition coefficient (Wildman–Crippen LogP) is 2.74. The van der Waals surface area contributed by atoms with E-state index < -0.39 is 0 Å². The highest BCUT2D eigenvalue weighted by Crippen LogP contribution is 2.15. The monoisotopic (exact) mass is 301 g/mol. The van der Waals surface area contributed by atoms with Crippen LogP contribution in [0.4, 0.5) is 0 Å². The molecule has 0 saturated carbocycles. The molecular formula is C17H35NO3. The molecule has 0 aromatic carbocycles. The lowest BCUT2D eigenvalue weighted by molar-refractivity contribution is 0.0353. The van der Waals surface area contributed by atoms with Crippen LogP contribution < -0.4 is 5.32 Å². The molecule has 1 fully saturated rings. The molecule has 2 unspecified atom stereocenters. The smallest absolute Gasteiger partial charge is 0.0897 e. The maximum Gasteiger partial charge on any atom is 0.0897 e. The molecule has 1 rings (SSSR count). The summed E-state index contributed by atoms with van der Waals surface area (Å²) in [4.78, 5) is 0. The largest absolute Gasteiger partial charge is 0.389 e. The fourth-order valence-corrected chi connectivity index (χ4v) is 2.65. The quantitative estimate of drug-likeness (QED) is 0.484. The summed E-state index contributed by atoms with van der Waals surface area (Å²) in [7, 11) is 0. The molecule has 1 saturated heterocycles. The summed E-state index contributed by atoms with van der Waals surface area (Å²) in [6, 6.07) is 0. The van der Waals surface area contributed by atoms with Crippen molar-refractivity contribution in [2.45, 2.75) is 64.4 Å². The highest BCUT2D eigenvalue weighted by atomic mass is 16.5. The van der Waals surface area contributed by atoms with Crippen LogP contribution in [0.5, 0.6) is 0 Å². The van der Waals surface area contributed by atoms with Gasteiger partial charge < -0.3 is 19.9 Å². The highest BCUT2D eigenvalue weighted by molar-refractivity contribution is 4.66. The molecule has 4 heteroatoms. The summed E-state index contributed by atoms with van der Waals surface area (Å²) in [5.74, 6) is 0.707. The van der Waals surface area contributed by atoms with Gasteiger partial charge in [-0.1, -0.05) is 39.0 Å². The van der Waals surface area contributed by atoms with Crippen molar-refractivity contribution in [2.24, 2.45) is 5.92 Å². The zero-order chi connectivity index (χ0) is 15.2. The summed E-state index contributed by atoms with van der Waals surface area (Å²) in [6.07, 6.45) is 9.60. The Labute approximate surface area is 130 Å². The Hall–Kier alpha value is -0.160. The number of unbranched alkanes of at least 4 members (excludes halogenated alkanes) is 5. The maximum absolute atomic E-state index is 9.80. The Balaban J connectivity index is 1.77. The molecule has 0 aromatic heterocycles. The van der Waals surface area contributed by atoms with E-state index in [4.69, 9.17) is 9.47 Å². The number of aliphatic hydroxyl groups is 1. The molecular weight excluding hydrogens is 266 g/mol. The van der Waals surface area contributed by atoms with Crippen LogP contribution in [0.3, 0.4) is 0 Å². The van der Waals surface area contributed by atoms with Crippen molar-refractivity contribution in [2.75, 3.05) is 39.5 Å². The fourth-order valence-electron chi connectivity index (χ4n) is 2.65. The SMILES string of the molecule is CCCCCCCCOCC(O)CNCCC1CCOC1. The molecule has 0 amide bonds. The van der Waals surface area contributed by atoms with Gasteiger partial charge in [-0.15, -0.1) is 0 Å². The first-order valence-electron chi connectivity index (χ1n) is 8.87. The number of nitrogens with one attached hydrogen (secondary N) is 1. The van der Waals surface area contributed by atoms with E-state index in [1.165, 1.54) is 38.5 Å². The van der Waals surface area contributed by atoms with E-state index in [9.17, 15) is 5.11 Å². The van der Waals surface area contributed by atoms with Crippen molar-refractivity contribution in [1.82, 2.24) is 5.32 Å². The summed E-state index contributed by atoms with van der Waals surface area (Å²) in [6.45, 7) is 6.88. The van der Waals surface area contributed by atoms with E-state index in [2.05, 4.69) is 12.2 Å². The topological polar surface area (TPSA) is 50.7 Å². The summed E-state index contributed by atoms with van der Waals surface area (Å²) in [5.41, 5.74) is 0. The van der Waals surface area contributed by atoms with Gasteiger partial charge in [0.2, 0.25) is 0 Å². The maximum atomic E-state index is 9.80. The molecule has 0 spiro atoms. The Morgan fingerprint density at radius 1 is 1.24 bits per heavy atom. The number of rotatable bonds is 14. The molecule has 126 valence electrons. The molecule has 0 aromatic rings. The number of hydrogen-bond donors (Lipinski definition) is 2. The zero-order valence-electron chi connectivity index (χ0n) is 13.8. The van der Waals surface area contributed by atoms with Crippen molar-refractivity contribution in [3.8, 4) is 0 Å². The van der Waals surface area contributed by atoms with Crippen LogP contribution in [0.2, 0.25) is 0 Å². The molecule has 4 nitrogen and oxygen atoms in total. The Morgan fingerprint density at radius 3 is 2.81 bits per heavy atom. The van der Waals surface area contributed by atoms with Crippen LogP contribution in [0.1, 0.15) is 58.3 Å². The minimum Gasteiger partial charge on any atom is -0.389 e. The second kappa shape index (κ2) is 13.5. The second-order valence-corrected chi connectivity index (χ2v) is 6.22. The lowest BCUT2D eigenvalue weighted by Crippen LogP contribution is -2.31. The van der Waals surface area contributed by atoms with Crippen LogP contribution in [0.15, 0.2) is 0 Å². The first kappa shape index (κ1) is 18.9. The molecule has 0 bridgehead atoms. The van der Waals surface area contributed by atoms with Crippen LogP contribution >= 0.6 is 0 Å². The van der Waals surface area contributed by atoms with Gasteiger partial charge in [0.25, 0.3) is 0 Å². The summed E-state index contributed by atoms with van der Waals surface area (Å²) in [5, 5.41) is 13.1. The van der Waals surface area contributed by atoms with Crippen molar-refractivity contribution in [3.05, 3.63) is 0 Å². The third-order valence-electron chi connectivity index (χ3n) is 4.09. The molecule has 21 heavy (non-hydrogen) atoms. The van der Waals surface area contributed by atoms with Crippen LogP contribution in [0, 0.1) is 5.92 Å². The lowest BCUT2D eigenvalue weighted by Gasteiger charge is -2.13. The van der Waals surface area contributed by atoms with E-state index in [-0.39, 0.29) is 6.10 Å². The fraction of sp³-hybridized carbons (Fsp3) is 1.00. The minimum atomic E-state index is -0.384. The van der Waals surface area contributed by atoms with E-state index in [0.29, 0.717) is 19.1 Å². The number of hydrogen-bond acceptors (Lipinski definition) is 4. The highest BCUT2D eigenvalue weighted by Gasteiger charge is 2.14. The minimum absolute atomic E-state index is 0.384. The van der Waals surface area contributed by atoms with Crippen molar-refractivity contribution >= 4 is 0 Å². The lowest BCUT2D eigenvalue weighted by atomic mass is 10.1. The van der Waals surface area contributed by atoms with Crippen molar-refractivity contribution in [1.29, 1.82) is 0 Å². The van der Waals surface area contributed by atoms with Crippen molar-refractivity contribution < 1.29 is 14.6 Å². The Bertz CT molecular complexity index is 220. The zero-order valence-corrected chi connectivity index (χ0v) is 13.8. The van der Waals surface area contributed by atoms with E-state index >= 15 is 0 Å². The van der Waals surface area contributed by atoms with Crippen LogP contribution in [0.25, 0.3) is 0 Å². The van der Waals surface area contributed by atoms with Gasteiger partial charge in [0.1, 0.15) is 0 Å². The molecule has 0 aliphatic carbocycles. The van der Waals surface area contributed by atoms with Crippen LogP contribution in [-0.4, -0.2) is 50.7 Å². The van der Waals surface area contributed by atoms with Gasteiger partial charge in [-0.05, 0) is 31.7 Å². The standard InChI is InChI=1S/C17H35NO3/c1-2-3-4-5-6-7-11-20-15-17(19)13-18-10-8-16-9-12-21-14-16/h16-19H,2-15H2,1H3. The number of ether oxygens (including phenoxy) is 2. The van der Waals surface area contributed by atoms with Gasteiger partial charge in [-0.3, -0.25) is 0 Å². The third kappa shape index (κ3) is 11.1. The van der Waals surface area contributed by atoms with Gasteiger partial charge in [0.15, 0.2) is 0 Å². The summed E-state index contributed by atoms with van der Waals surface area (Å²) < 4.78 is 10.9. The molecule has 2 N–H and O–H groups in total. The predicted molar refractivity (Wildman–Crippen MR) is 86.6 cm³/mol. The Kier molecular flexibility index (Phi) is 12.1. The van der Waals surface area contributed by atoms with Crippen LogP contribution in [-0.2, 0) is 9.47 Å². The van der Waals surface area contributed by atoms with E-state index in [0.717, 1.165) is 39.2 Å². The molecule has 1 aliphatic rings. The van der Waals surface area contributed by atoms with Crippen molar-refractivity contribution in [3.63, 3.8) is 0 Å². The number of aliphatic hydroxyl groups excluding tert-OH is 1. The normalized spacial score (nSPS) is 20.0. The van der Waals surface area contributed by atoms with Gasteiger partial charge in [0.05, 0.1) is 12.7 Å². The summed E-state index contributed by atoms with van der Waals surface area (Å²) >= 11 is 0. The van der Waals surface area contributed by atoms with Gasteiger partial charge in [0, 0.05) is 26.4 Å². The second-order valence-electron chi connectivity index (χ2n) is 6.22. The first-order chi connectivity index (χ1) is 10.3. The Morgan fingerprint density at radius 2 is 2.05 bits per heavy atom. The molecule has 1 heterocycles. The molecule has 2 atom stereocenters.